The van der Waals surface area contributed by atoms with Crippen molar-refractivity contribution in [2.24, 2.45) is 0 Å². The number of aromatic nitrogens is 2. The maximum absolute atomic E-state index is 5.44. The fourth-order valence-corrected chi connectivity index (χ4v) is 7.45. The Morgan fingerprint density at radius 3 is 1.16 bits per heavy atom. The van der Waals surface area contributed by atoms with Gasteiger partial charge in [-0.05, 0) is 67.5 Å². The summed E-state index contributed by atoms with van der Waals surface area (Å²) in [5.41, 5.74) is 16.1. The van der Waals surface area contributed by atoms with Crippen LogP contribution in [0.25, 0.3) is 45.0 Å². The van der Waals surface area contributed by atoms with Crippen LogP contribution in [0.3, 0.4) is 0 Å². The summed E-state index contributed by atoms with van der Waals surface area (Å²) in [6.07, 6.45) is 0. The lowest BCUT2D eigenvalue weighted by molar-refractivity contribution is 0.590. The topological polar surface area (TPSA) is 25.8 Å². The zero-order valence-electron chi connectivity index (χ0n) is 26.9. The molecular formula is C43H38N2. The molecule has 2 heteroatoms. The minimum absolute atomic E-state index is 0.101. The first-order valence-corrected chi connectivity index (χ1v) is 16.0. The molecule has 8 rings (SSSR count). The molecule has 0 bridgehead atoms. The first-order chi connectivity index (χ1) is 21.6. The van der Waals surface area contributed by atoms with Crippen LogP contribution in [0, 0.1) is 0 Å². The van der Waals surface area contributed by atoms with Gasteiger partial charge in [-0.25, -0.2) is 9.97 Å². The van der Waals surface area contributed by atoms with Crippen molar-refractivity contribution in [3.05, 3.63) is 155 Å². The van der Waals surface area contributed by atoms with Gasteiger partial charge in [-0.15, -0.1) is 0 Å². The average molecular weight is 583 g/mol. The molecule has 2 aliphatic carbocycles. The van der Waals surface area contributed by atoms with Gasteiger partial charge >= 0.3 is 0 Å². The summed E-state index contributed by atoms with van der Waals surface area (Å²) < 4.78 is 0. The number of rotatable bonds is 2. The van der Waals surface area contributed by atoms with Gasteiger partial charge in [0, 0.05) is 11.1 Å². The summed E-state index contributed by atoms with van der Waals surface area (Å²) >= 11 is 0. The van der Waals surface area contributed by atoms with Gasteiger partial charge in [0.05, 0.1) is 28.2 Å². The molecule has 45 heavy (non-hydrogen) atoms. The Balaban J connectivity index is 1.37. The van der Waals surface area contributed by atoms with E-state index in [9.17, 15) is 0 Å². The highest BCUT2D eigenvalue weighted by molar-refractivity contribution is 5.94. The molecule has 2 heterocycles. The quantitative estimate of drug-likeness (QED) is 0.203. The van der Waals surface area contributed by atoms with Gasteiger partial charge < -0.3 is 0 Å². The minimum Gasteiger partial charge on any atom is -0.246 e. The summed E-state index contributed by atoms with van der Waals surface area (Å²) in [7, 11) is 0. The number of pyridine rings is 2. The lowest BCUT2D eigenvalue weighted by Gasteiger charge is -2.29. The molecule has 0 unspecified atom stereocenters. The lowest BCUT2D eigenvalue weighted by atomic mass is 9.71. The highest BCUT2D eigenvalue weighted by Crippen LogP contribution is 2.62. The van der Waals surface area contributed by atoms with Crippen LogP contribution < -0.4 is 0 Å². The van der Waals surface area contributed by atoms with Crippen molar-refractivity contribution in [3.63, 3.8) is 0 Å². The smallest absolute Gasteiger partial charge is 0.0945 e. The molecular weight excluding hydrogens is 544 g/mol. The summed E-state index contributed by atoms with van der Waals surface area (Å²) in [6, 6.07) is 44.6. The number of hydrogen-bond acceptors (Lipinski definition) is 2. The molecule has 0 N–H and O–H groups in total. The zero-order valence-corrected chi connectivity index (χ0v) is 26.9. The van der Waals surface area contributed by atoms with Crippen LogP contribution in [-0.2, 0) is 16.2 Å². The first kappa shape index (κ1) is 27.7. The van der Waals surface area contributed by atoms with Crippen LogP contribution in [0.1, 0.15) is 74.9 Å². The molecule has 0 saturated carbocycles. The van der Waals surface area contributed by atoms with Gasteiger partial charge in [0.2, 0.25) is 0 Å². The van der Waals surface area contributed by atoms with Crippen LogP contribution in [0.15, 0.2) is 121 Å². The van der Waals surface area contributed by atoms with Crippen LogP contribution in [-0.4, -0.2) is 9.97 Å². The number of hydrogen-bond donors (Lipinski definition) is 0. The van der Waals surface area contributed by atoms with Crippen LogP contribution in [0.4, 0.5) is 0 Å². The largest absolute Gasteiger partial charge is 0.246 e. The minimum atomic E-state index is -0.457. The molecule has 0 atom stereocenters. The lowest BCUT2D eigenvalue weighted by Crippen LogP contribution is -2.26. The van der Waals surface area contributed by atoms with Crippen molar-refractivity contribution in [1.29, 1.82) is 0 Å². The predicted molar refractivity (Wildman–Crippen MR) is 187 cm³/mol. The first-order valence-electron chi connectivity index (χ1n) is 16.0. The summed E-state index contributed by atoms with van der Waals surface area (Å²) in [4.78, 5) is 10.9. The van der Waals surface area contributed by atoms with Gasteiger partial charge in [-0.3, -0.25) is 0 Å². The monoisotopic (exact) mass is 582 g/mol. The van der Waals surface area contributed by atoms with E-state index in [4.69, 9.17) is 9.97 Å². The van der Waals surface area contributed by atoms with Gasteiger partial charge in [-0.1, -0.05) is 151 Å². The Kier molecular flexibility index (Phi) is 5.90. The third-order valence-electron chi connectivity index (χ3n) is 9.87. The third kappa shape index (κ3) is 4.08. The molecule has 2 aliphatic rings. The Morgan fingerprint density at radius 2 is 0.778 bits per heavy atom. The maximum atomic E-state index is 5.44. The Labute approximate surface area is 266 Å². The van der Waals surface area contributed by atoms with Gasteiger partial charge in [0.1, 0.15) is 0 Å². The fourth-order valence-electron chi connectivity index (χ4n) is 7.45. The molecule has 6 aromatic rings. The van der Waals surface area contributed by atoms with Crippen molar-refractivity contribution >= 4 is 0 Å². The SMILES string of the molecule is CC(C)(C)c1ccc(-c2ccc3c(n2)-c2nc(-c4ccc(C(C)(C)C)cc4)ccc2C32c3ccccc3-c3ccccc32)cc1. The Bertz CT molecular complexity index is 1950. The van der Waals surface area contributed by atoms with E-state index in [0.717, 1.165) is 33.9 Å². The summed E-state index contributed by atoms with van der Waals surface area (Å²) in [5, 5.41) is 0. The predicted octanol–water partition coefficient (Wildman–Crippen LogP) is 10.7. The van der Waals surface area contributed by atoms with E-state index in [0.29, 0.717) is 0 Å². The van der Waals surface area contributed by atoms with Crippen molar-refractivity contribution in [2.75, 3.05) is 0 Å². The van der Waals surface area contributed by atoms with E-state index in [2.05, 4.69) is 163 Å². The van der Waals surface area contributed by atoms with Gasteiger partial charge in [0.15, 0.2) is 0 Å². The van der Waals surface area contributed by atoms with Gasteiger partial charge in [0.25, 0.3) is 0 Å². The second kappa shape index (κ2) is 9.59. The maximum Gasteiger partial charge on any atom is 0.0945 e. The van der Waals surface area contributed by atoms with E-state index in [1.807, 2.05) is 0 Å². The van der Waals surface area contributed by atoms with E-state index in [-0.39, 0.29) is 10.8 Å². The standard InChI is InChI=1S/C43H38N2/c1-41(2,3)29-19-15-27(16-20-29)37-25-23-35-39(44-37)40-36(24-26-38(45-40)28-17-21-30(22-18-28)42(4,5)6)43(35)33-13-9-7-11-31(33)32-12-8-10-14-34(32)43/h7-26H,1-6H3. The second-order valence-corrected chi connectivity index (χ2v) is 14.7. The number of fused-ring (bicyclic) bond motifs is 10. The van der Waals surface area contributed by atoms with E-state index in [1.165, 1.54) is 44.5 Å². The zero-order chi connectivity index (χ0) is 31.1. The molecule has 0 fully saturated rings. The number of nitrogens with zero attached hydrogens (tertiary/aromatic N) is 2. The molecule has 4 aromatic carbocycles. The molecule has 1 spiro atoms. The fraction of sp³-hybridized carbons (Fsp3) is 0.209. The van der Waals surface area contributed by atoms with Crippen molar-refractivity contribution < 1.29 is 0 Å². The van der Waals surface area contributed by atoms with Crippen LogP contribution in [0.2, 0.25) is 0 Å². The third-order valence-corrected chi connectivity index (χ3v) is 9.87. The van der Waals surface area contributed by atoms with Gasteiger partial charge in [-0.2, -0.15) is 0 Å². The Hall–Kier alpha value is -4.82. The molecule has 0 radical (unpaired) electrons. The molecule has 220 valence electrons. The van der Waals surface area contributed by atoms with E-state index < -0.39 is 5.41 Å². The van der Waals surface area contributed by atoms with Crippen molar-refractivity contribution in [1.82, 2.24) is 9.97 Å². The Morgan fingerprint density at radius 1 is 0.400 bits per heavy atom. The van der Waals surface area contributed by atoms with Crippen molar-refractivity contribution in [2.45, 2.75) is 57.8 Å². The molecule has 0 amide bonds. The van der Waals surface area contributed by atoms with E-state index in [1.54, 1.807) is 0 Å². The normalized spacial score (nSPS) is 14.2. The highest BCUT2D eigenvalue weighted by Gasteiger charge is 2.53. The van der Waals surface area contributed by atoms with E-state index >= 15 is 0 Å². The average Bonchev–Trinajstić information content (AvgIpc) is 3.50. The molecule has 0 saturated heterocycles. The number of benzene rings is 4. The van der Waals surface area contributed by atoms with Crippen LogP contribution in [0.5, 0.6) is 0 Å². The summed E-state index contributed by atoms with van der Waals surface area (Å²) in [6.45, 7) is 13.5. The van der Waals surface area contributed by atoms with Crippen LogP contribution >= 0.6 is 0 Å². The van der Waals surface area contributed by atoms with Crippen molar-refractivity contribution in [3.8, 4) is 45.0 Å². The second-order valence-electron chi connectivity index (χ2n) is 14.7. The summed E-state index contributed by atoms with van der Waals surface area (Å²) in [5.74, 6) is 0. The molecule has 0 aliphatic heterocycles. The highest BCUT2D eigenvalue weighted by atomic mass is 14.8. The molecule has 2 aromatic heterocycles. The molecule has 2 nitrogen and oxygen atoms in total.